The van der Waals surface area contributed by atoms with E-state index in [9.17, 15) is 14.4 Å². The summed E-state index contributed by atoms with van der Waals surface area (Å²) in [4.78, 5) is 36.9. The molecule has 1 unspecified atom stereocenters. The summed E-state index contributed by atoms with van der Waals surface area (Å²) in [5, 5.41) is 5.78. The highest BCUT2D eigenvalue weighted by Crippen LogP contribution is 2.28. The number of nitrogens with one attached hydrogen (secondary N) is 2. The van der Waals surface area contributed by atoms with Gasteiger partial charge in [-0.1, -0.05) is 30.3 Å². The molecule has 0 saturated heterocycles. The maximum Gasteiger partial charge on any atom is 0.343 e. The lowest BCUT2D eigenvalue weighted by atomic mass is 10.0. The van der Waals surface area contributed by atoms with Crippen LogP contribution in [-0.4, -0.2) is 50.7 Å². The average Bonchev–Trinajstić information content (AvgIpc) is 3.61. The average molecular weight is 426 g/mol. The molecule has 1 fully saturated rings. The first-order valence-electron chi connectivity index (χ1n) is 10.0. The Morgan fingerprint density at radius 1 is 1.03 bits per heavy atom. The van der Waals surface area contributed by atoms with Crippen LogP contribution < -0.4 is 20.1 Å². The van der Waals surface area contributed by atoms with Gasteiger partial charge in [-0.25, -0.2) is 4.79 Å². The summed E-state index contributed by atoms with van der Waals surface area (Å²) in [6, 6.07) is 13.6. The number of benzene rings is 2. The van der Waals surface area contributed by atoms with Crippen LogP contribution in [0.3, 0.4) is 0 Å². The Morgan fingerprint density at radius 3 is 2.42 bits per heavy atom. The lowest BCUT2D eigenvalue weighted by molar-refractivity contribution is -0.142. The molecule has 0 bridgehead atoms. The Labute approximate surface area is 180 Å². The number of ether oxygens (including phenoxy) is 3. The summed E-state index contributed by atoms with van der Waals surface area (Å²) in [5.41, 5.74) is 1.25. The second kappa shape index (κ2) is 10.5. The second-order valence-electron chi connectivity index (χ2n) is 7.23. The van der Waals surface area contributed by atoms with Gasteiger partial charge in [-0.3, -0.25) is 9.59 Å². The Kier molecular flexibility index (Phi) is 7.48. The van der Waals surface area contributed by atoms with Crippen LogP contribution in [0.15, 0.2) is 48.5 Å². The molecule has 8 heteroatoms. The first-order valence-corrected chi connectivity index (χ1v) is 10.0. The standard InChI is InChI=1S/C23H26N2O6/c1-29-20-13-16(8-11-19(20)31-14-21(26)30-2)22(27)25-18(23(28)24-17-9-10-17)12-15-6-4-3-5-7-15/h3-8,11,13,17-18H,9-10,12,14H2,1-2H3,(H,24,28)(H,25,27). The monoisotopic (exact) mass is 426 g/mol. The lowest BCUT2D eigenvalue weighted by Gasteiger charge is -2.19. The molecule has 2 amide bonds. The van der Waals surface area contributed by atoms with E-state index >= 15 is 0 Å². The molecule has 2 N–H and O–H groups in total. The van der Waals surface area contributed by atoms with Gasteiger partial charge >= 0.3 is 5.97 Å². The van der Waals surface area contributed by atoms with E-state index in [4.69, 9.17) is 9.47 Å². The van der Waals surface area contributed by atoms with Crippen LogP contribution >= 0.6 is 0 Å². The van der Waals surface area contributed by atoms with E-state index in [-0.39, 0.29) is 18.6 Å². The van der Waals surface area contributed by atoms with E-state index in [2.05, 4.69) is 15.4 Å². The summed E-state index contributed by atoms with van der Waals surface area (Å²) in [5.74, 6) is -0.556. The van der Waals surface area contributed by atoms with Crippen LogP contribution in [0, 0.1) is 0 Å². The second-order valence-corrected chi connectivity index (χ2v) is 7.23. The molecule has 2 aromatic rings. The van der Waals surface area contributed by atoms with Gasteiger partial charge in [-0.2, -0.15) is 0 Å². The molecule has 2 aromatic carbocycles. The number of methoxy groups -OCH3 is 2. The van der Waals surface area contributed by atoms with Crippen molar-refractivity contribution in [1.82, 2.24) is 10.6 Å². The molecular weight excluding hydrogens is 400 g/mol. The molecule has 0 aliphatic heterocycles. The summed E-state index contributed by atoms with van der Waals surface area (Å²) >= 11 is 0. The van der Waals surface area contributed by atoms with E-state index in [1.807, 2.05) is 30.3 Å². The normalized spacial score (nSPS) is 13.6. The summed E-state index contributed by atoms with van der Waals surface area (Å²) < 4.78 is 15.2. The fraction of sp³-hybridized carbons (Fsp3) is 0.348. The predicted molar refractivity (Wildman–Crippen MR) is 113 cm³/mol. The molecule has 0 spiro atoms. The highest BCUT2D eigenvalue weighted by atomic mass is 16.6. The van der Waals surface area contributed by atoms with Gasteiger partial charge in [0.2, 0.25) is 5.91 Å². The minimum atomic E-state index is -0.711. The topological polar surface area (TPSA) is 103 Å². The third-order valence-corrected chi connectivity index (χ3v) is 4.83. The number of amides is 2. The molecule has 0 aromatic heterocycles. The lowest BCUT2D eigenvalue weighted by Crippen LogP contribution is -2.48. The third-order valence-electron chi connectivity index (χ3n) is 4.83. The van der Waals surface area contributed by atoms with Crippen molar-refractivity contribution in [2.75, 3.05) is 20.8 Å². The van der Waals surface area contributed by atoms with Crippen LogP contribution in [0.5, 0.6) is 11.5 Å². The molecule has 3 rings (SSSR count). The zero-order valence-electron chi connectivity index (χ0n) is 17.6. The SMILES string of the molecule is COC(=O)COc1ccc(C(=O)NC(Cc2ccccc2)C(=O)NC2CC2)cc1OC. The number of rotatable bonds is 10. The zero-order valence-corrected chi connectivity index (χ0v) is 17.6. The maximum absolute atomic E-state index is 12.9. The van der Waals surface area contributed by atoms with Crippen molar-refractivity contribution >= 4 is 17.8 Å². The Balaban J connectivity index is 1.72. The van der Waals surface area contributed by atoms with Crippen molar-refractivity contribution in [3.8, 4) is 11.5 Å². The molecule has 31 heavy (non-hydrogen) atoms. The fourth-order valence-corrected chi connectivity index (χ4v) is 2.95. The van der Waals surface area contributed by atoms with Gasteiger partial charge in [-0.15, -0.1) is 0 Å². The van der Waals surface area contributed by atoms with Gasteiger partial charge in [0, 0.05) is 18.0 Å². The zero-order chi connectivity index (χ0) is 22.2. The van der Waals surface area contributed by atoms with Crippen LogP contribution in [0.1, 0.15) is 28.8 Å². The number of carbonyl (C=O) groups excluding carboxylic acids is 3. The maximum atomic E-state index is 12.9. The van der Waals surface area contributed by atoms with Crippen molar-refractivity contribution in [3.63, 3.8) is 0 Å². The van der Waals surface area contributed by atoms with Crippen molar-refractivity contribution < 1.29 is 28.6 Å². The van der Waals surface area contributed by atoms with Gasteiger partial charge in [0.15, 0.2) is 18.1 Å². The summed E-state index contributed by atoms with van der Waals surface area (Å²) in [6.07, 6.45) is 2.30. The molecule has 1 aliphatic rings. The van der Waals surface area contributed by atoms with Gasteiger partial charge in [-0.05, 0) is 36.6 Å². The molecule has 8 nitrogen and oxygen atoms in total. The van der Waals surface area contributed by atoms with Gasteiger partial charge in [0.1, 0.15) is 6.04 Å². The number of carbonyl (C=O) groups is 3. The minimum Gasteiger partial charge on any atom is -0.493 e. The smallest absolute Gasteiger partial charge is 0.343 e. The van der Waals surface area contributed by atoms with Crippen LogP contribution in [-0.2, 0) is 20.7 Å². The van der Waals surface area contributed by atoms with E-state index in [0.29, 0.717) is 23.5 Å². The van der Waals surface area contributed by atoms with E-state index in [1.165, 1.54) is 26.4 Å². The fourth-order valence-electron chi connectivity index (χ4n) is 2.95. The molecular formula is C23H26N2O6. The minimum absolute atomic E-state index is 0.189. The Morgan fingerprint density at radius 2 is 1.77 bits per heavy atom. The molecule has 1 saturated carbocycles. The van der Waals surface area contributed by atoms with Crippen LogP contribution in [0.4, 0.5) is 0 Å². The summed E-state index contributed by atoms with van der Waals surface area (Å²) in [6.45, 7) is -0.279. The Hall–Kier alpha value is -3.55. The van der Waals surface area contributed by atoms with Crippen LogP contribution in [0.2, 0.25) is 0 Å². The summed E-state index contributed by atoms with van der Waals surface area (Å²) in [7, 11) is 2.70. The molecule has 0 heterocycles. The molecule has 164 valence electrons. The quantitative estimate of drug-likeness (QED) is 0.562. The van der Waals surface area contributed by atoms with Crippen LogP contribution in [0.25, 0.3) is 0 Å². The highest BCUT2D eigenvalue weighted by molar-refractivity contribution is 5.98. The number of esters is 1. The largest absolute Gasteiger partial charge is 0.493 e. The predicted octanol–water partition coefficient (Wildman–Crippen LogP) is 1.87. The first kappa shape index (κ1) is 22.1. The molecule has 1 aliphatic carbocycles. The Bertz CT molecular complexity index is 927. The van der Waals surface area contributed by atoms with E-state index in [1.54, 1.807) is 6.07 Å². The van der Waals surface area contributed by atoms with Crippen molar-refractivity contribution in [1.29, 1.82) is 0 Å². The number of hydrogen-bond acceptors (Lipinski definition) is 6. The first-order chi connectivity index (χ1) is 15.0. The van der Waals surface area contributed by atoms with Crippen molar-refractivity contribution in [3.05, 3.63) is 59.7 Å². The van der Waals surface area contributed by atoms with Gasteiger partial charge in [0.25, 0.3) is 5.91 Å². The van der Waals surface area contributed by atoms with Gasteiger partial charge < -0.3 is 24.8 Å². The van der Waals surface area contributed by atoms with Crippen molar-refractivity contribution in [2.45, 2.75) is 31.3 Å². The molecule has 0 radical (unpaired) electrons. The molecule has 1 atom stereocenters. The highest BCUT2D eigenvalue weighted by Gasteiger charge is 2.29. The van der Waals surface area contributed by atoms with E-state index in [0.717, 1.165) is 18.4 Å². The van der Waals surface area contributed by atoms with E-state index < -0.39 is 17.9 Å². The van der Waals surface area contributed by atoms with Gasteiger partial charge in [0.05, 0.1) is 14.2 Å². The third kappa shape index (κ3) is 6.47. The number of hydrogen-bond donors (Lipinski definition) is 2. The van der Waals surface area contributed by atoms with Crippen molar-refractivity contribution in [2.24, 2.45) is 0 Å².